The highest BCUT2D eigenvalue weighted by atomic mass is 16.3. The lowest BCUT2D eigenvalue weighted by Gasteiger charge is -2.36. The van der Waals surface area contributed by atoms with E-state index in [1.165, 1.54) is 12.0 Å². The van der Waals surface area contributed by atoms with Crippen molar-refractivity contribution in [1.82, 2.24) is 0 Å². The number of phenols is 3. The van der Waals surface area contributed by atoms with E-state index < -0.39 is 0 Å². The normalized spacial score (nSPS) is 26.5. The molecule has 3 atom stereocenters. The van der Waals surface area contributed by atoms with Crippen molar-refractivity contribution in [3.05, 3.63) is 53.1 Å². The second kappa shape index (κ2) is 4.94. The van der Waals surface area contributed by atoms with Gasteiger partial charge in [0, 0.05) is 11.1 Å². The van der Waals surface area contributed by atoms with Gasteiger partial charge in [0.05, 0.1) is 0 Å². The molecule has 4 rings (SSSR count). The average molecular weight is 296 g/mol. The number of hydrogen-bond donors (Lipinski definition) is 3. The molecule has 0 unspecified atom stereocenters. The number of hydrogen-bond acceptors (Lipinski definition) is 3. The Morgan fingerprint density at radius 2 is 1.50 bits per heavy atom. The monoisotopic (exact) mass is 296 g/mol. The maximum absolute atomic E-state index is 10.3. The molecule has 0 heterocycles. The SMILES string of the molecule is Oc1ccc([C@@H]2Cc3c(O)ccc(O)c3[C@@H]3CCC[C@H]23)cc1. The van der Waals surface area contributed by atoms with E-state index in [0.717, 1.165) is 30.4 Å². The standard InChI is InChI=1S/C19H20O3/c20-12-6-4-11(5-7-12)15-10-16-17(21)8-9-18(22)19(16)14-3-1-2-13(14)15/h4-9,13-15,20-22H,1-3,10H2/t13-,14+,15-/m0/s1. The van der Waals surface area contributed by atoms with Gasteiger partial charge in [0.2, 0.25) is 0 Å². The maximum atomic E-state index is 10.3. The quantitative estimate of drug-likeness (QED) is 0.696. The van der Waals surface area contributed by atoms with Gasteiger partial charge in [-0.1, -0.05) is 18.6 Å². The minimum absolute atomic E-state index is 0.281. The highest BCUT2D eigenvalue weighted by molar-refractivity contribution is 5.53. The maximum Gasteiger partial charge on any atom is 0.119 e. The van der Waals surface area contributed by atoms with Gasteiger partial charge in [0.25, 0.3) is 0 Å². The van der Waals surface area contributed by atoms with Crippen LogP contribution < -0.4 is 0 Å². The number of rotatable bonds is 1. The van der Waals surface area contributed by atoms with Crippen LogP contribution in [0.15, 0.2) is 36.4 Å². The van der Waals surface area contributed by atoms with Crippen molar-refractivity contribution in [1.29, 1.82) is 0 Å². The van der Waals surface area contributed by atoms with E-state index >= 15 is 0 Å². The van der Waals surface area contributed by atoms with Crippen LogP contribution in [0.2, 0.25) is 0 Å². The fourth-order valence-electron chi connectivity index (χ4n) is 4.56. The van der Waals surface area contributed by atoms with Crippen LogP contribution >= 0.6 is 0 Å². The molecule has 0 aromatic heterocycles. The van der Waals surface area contributed by atoms with Gasteiger partial charge in [-0.15, -0.1) is 0 Å². The summed E-state index contributed by atoms with van der Waals surface area (Å²) in [7, 11) is 0. The van der Waals surface area contributed by atoms with Crippen LogP contribution in [-0.2, 0) is 6.42 Å². The highest BCUT2D eigenvalue weighted by Crippen LogP contribution is 2.56. The lowest BCUT2D eigenvalue weighted by molar-refractivity contribution is 0.341. The first-order valence-corrected chi connectivity index (χ1v) is 7.98. The van der Waals surface area contributed by atoms with E-state index in [1.807, 2.05) is 12.1 Å². The molecule has 0 radical (unpaired) electrons. The van der Waals surface area contributed by atoms with E-state index in [2.05, 4.69) is 0 Å². The molecule has 2 aliphatic rings. The Morgan fingerprint density at radius 1 is 0.773 bits per heavy atom. The molecule has 0 bridgehead atoms. The Morgan fingerprint density at radius 3 is 2.27 bits per heavy atom. The predicted molar refractivity (Wildman–Crippen MR) is 84.4 cm³/mol. The van der Waals surface area contributed by atoms with Crippen LogP contribution in [0.3, 0.4) is 0 Å². The number of aromatic hydroxyl groups is 3. The molecule has 1 saturated carbocycles. The minimum atomic E-state index is 0.281. The first kappa shape index (κ1) is 13.5. The number of benzene rings is 2. The molecule has 2 aromatic carbocycles. The van der Waals surface area contributed by atoms with Crippen molar-refractivity contribution in [2.24, 2.45) is 5.92 Å². The van der Waals surface area contributed by atoms with Crippen molar-refractivity contribution < 1.29 is 15.3 Å². The smallest absolute Gasteiger partial charge is 0.119 e. The van der Waals surface area contributed by atoms with Crippen LogP contribution in [-0.4, -0.2) is 15.3 Å². The van der Waals surface area contributed by atoms with E-state index in [-0.39, 0.29) is 5.75 Å². The summed E-state index contributed by atoms with van der Waals surface area (Å²) >= 11 is 0. The van der Waals surface area contributed by atoms with Gasteiger partial charge in [0.15, 0.2) is 0 Å². The topological polar surface area (TPSA) is 60.7 Å². The van der Waals surface area contributed by atoms with Gasteiger partial charge in [-0.25, -0.2) is 0 Å². The third-order valence-corrected chi connectivity index (χ3v) is 5.51. The molecule has 1 fully saturated rings. The molecule has 2 aromatic rings. The number of fused-ring (bicyclic) bond motifs is 3. The Labute approximate surface area is 129 Å². The fourth-order valence-corrected chi connectivity index (χ4v) is 4.56. The zero-order valence-electron chi connectivity index (χ0n) is 12.4. The zero-order valence-corrected chi connectivity index (χ0v) is 12.4. The molecule has 0 amide bonds. The zero-order chi connectivity index (χ0) is 15.3. The second-order valence-electron chi connectivity index (χ2n) is 6.60. The lowest BCUT2D eigenvalue weighted by atomic mass is 9.68. The largest absolute Gasteiger partial charge is 0.508 e. The Kier molecular flexibility index (Phi) is 3.03. The molecule has 0 saturated heterocycles. The summed E-state index contributed by atoms with van der Waals surface area (Å²) in [5.41, 5.74) is 3.09. The molecule has 3 N–H and O–H groups in total. The molecular weight excluding hydrogens is 276 g/mol. The van der Waals surface area contributed by atoms with Crippen LogP contribution in [0.4, 0.5) is 0 Å². The third kappa shape index (κ3) is 1.96. The molecule has 0 spiro atoms. The molecule has 0 aliphatic heterocycles. The van der Waals surface area contributed by atoms with E-state index in [1.54, 1.807) is 24.3 Å². The van der Waals surface area contributed by atoms with Crippen molar-refractivity contribution in [3.8, 4) is 17.2 Å². The van der Waals surface area contributed by atoms with Crippen LogP contribution in [0, 0.1) is 5.92 Å². The van der Waals surface area contributed by atoms with Gasteiger partial charge >= 0.3 is 0 Å². The van der Waals surface area contributed by atoms with Crippen molar-refractivity contribution in [2.45, 2.75) is 37.5 Å². The van der Waals surface area contributed by atoms with Gasteiger partial charge in [-0.2, -0.15) is 0 Å². The first-order valence-electron chi connectivity index (χ1n) is 7.98. The van der Waals surface area contributed by atoms with E-state index in [0.29, 0.717) is 29.3 Å². The Balaban J connectivity index is 1.82. The summed E-state index contributed by atoms with van der Waals surface area (Å²) in [5, 5.41) is 30.0. The summed E-state index contributed by atoms with van der Waals surface area (Å²) in [6.07, 6.45) is 4.15. The number of phenolic OH excluding ortho intramolecular Hbond substituents is 3. The summed E-state index contributed by atoms with van der Waals surface area (Å²) in [5.74, 6) is 2.08. The van der Waals surface area contributed by atoms with Crippen LogP contribution in [0.25, 0.3) is 0 Å². The highest BCUT2D eigenvalue weighted by Gasteiger charge is 2.42. The molecule has 114 valence electrons. The third-order valence-electron chi connectivity index (χ3n) is 5.51. The van der Waals surface area contributed by atoms with Crippen molar-refractivity contribution in [3.63, 3.8) is 0 Å². The van der Waals surface area contributed by atoms with Gasteiger partial charge in [0.1, 0.15) is 17.2 Å². The molecule has 2 aliphatic carbocycles. The summed E-state index contributed by atoms with van der Waals surface area (Å²) < 4.78 is 0. The fraction of sp³-hybridized carbons (Fsp3) is 0.368. The van der Waals surface area contributed by atoms with Gasteiger partial charge in [-0.05, 0) is 66.8 Å². The molecule has 3 heteroatoms. The Hall–Kier alpha value is -2.16. The molecule has 22 heavy (non-hydrogen) atoms. The van der Waals surface area contributed by atoms with E-state index in [9.17, 15) is 15.3 Å². The summed E-state index contributed by atoms with van der Waals surface area (Å²) in [4.78, 5) is 0. The lowest BCUT2D eigenvalue weighted by Crippen LogP contribution is -2.25. The minimum Gasteiger partial charge on any atom is -0.508 e. The Bertz CT molecular complexity index is 705. The predicted octanol–water partition coefficient (Wildman–Crippen LogP) is 4.03. The molecular formula is C19H20O3. The first-order chi connectivity index (χ1) is 10.6. The van der Waals surface area contributed by atoms with E-state index in [4.69, 9.17) is 0 Å². The van der Waals surface area contributed by atoms with Crippen LogP contribution in [0.1, 0.15) is 47.8 Å². The summed E-state index contributed by atoms with van der Waals surface area (Å²) in [6.45, 7) is 0. The molecule has 3 nitrogen and oxygen atoms in total. The van der Waals surface area contributed by atoms with Gasteiger partial charge < -0.3 is 15.3 Å². The van der Waals surface area contributed by atoms with Crippen molar-refractivity contribution >= 4 is 0 Å². The van der Waals surface area contributed by atoms with Crippen LogP contribution in [0.5, 0.6) is 17.2 Å². The average Bonchev–Trinajstić information content (AvgIpc) is 3.00. The summed E-state index contributed by atoms with van der Waals surface area (Å²) in [6, 6.07) is 10.6. The second-order valence-corrected chi connectivity index (χ2v) is 6.60. The van der Waals surface area contributed by atoms with Crippen molar-refractivity contribution in [2.75, 3.05) is 0 Å². The van der Waals surface area contributed by atoms with Gasteiger partial charge in [-0.3, -0.25) is 0 Å².